The molecule has 3 N–H and O–H groups in total. The number of ketones is 1. The normalized spacial score (nSPS) is 18.7. The lowest BCUT2D eigenvalue weighted by Gasteiger charge is -2.25. The summed E-state index contributed by atoms with van der Waals surface area (Å²) < 4.78 is 0. The van der Waals surface area contributed by atoms with Crippen molar-refractivity contribution in [2.24, 2.45) is 0 Å². The number of nitrogens with zero attached hydrogens (tertiary/aromatic N) is 1. The molecule has 1 heterocycles. The van der Waals surface area contributed by atoms with Crippen molar-refractivity contribution in [2.45, 2.75) is 19.9 Å². The molecule has 2 aromatic rings. The van der Waals surface area contributed by atoms with E-state index in [1.807, 2.05) is 46.1 Å². The number of carbonyl (C=O) groups is 2. The number of benzene rings is 2. The highest BCUT2D eigenvalue weighted by molar-refractivity contribution is 6.46. The maximum absolute atomic E-state index is 13.0. The summed E-state index contributed by atoms with van der Waals surface area (Å²) >= 11 is 0. The molecule has 2 aromatic carbocycles. The van der Waals surface area contributed by atoms with Gasteiger partial charge in [-0.25, -0.2) is 0 Å². The number of Topliss-reactive ketones (excluding diaryl/α,β-unsaturated/α-hetero) is 1. The summed E-state index contributed by atoms with van der Waals surface area (Å²) in [5.74, 6) is -1.37. The Bertz CT molecular complexity index is 977. The van der Waals surface area contributed by atoms with Crippen LogP contribution in [0.2, 0.25) is 0 Å². The fourth-order valence-corrected chi connectivity index (χ4v) is 3.59. The van der Waals surface area contributed by atoms with Crippen molar-refractivity contribution >= 4 is 17.4 Å². The second-order valence-corrected chi connectivity index (χ2v) is 7.86. The number of likely N-dealkylation sites (tertiary alicyclic amines) is 1. The first kappa shape index (κ1) is 20.6. The number of rotatable bonds is 5. The highest BCUT2D eigenvalue weighted by Gasteiger charge is 2.46. The first-order valence-electron chi connectivity index (χ1n) is 9.64. The molecular weight excluding hydrogens is 368 g/mol. The van der Waals surface area contributed by atoms with Gasteiger partial charge in [-0.05, 0) is 43.2 Å². The Morgan fingerprint density at radius 3 is 2.34 bits per heavy atom. The summed E-state index contributed by atoms with van der Waals surface area (Å²) in [6.07, 6.45) is 0. The Kier molecular flexibility index (Phi) is 5.75. The van der Waals surface area contributed by atoms with Gasteiger partial charge in [-0.15, -0.1) is 0 Å². The van der Waals surface area contributed by atoms with Gasteiger partial charge >= 0.3 is 0 Å². The van der Waals surface area contributed by atoms with Crippen LogP contribution in [0.3, 0.4) is 0 Å². The number of amides is 1. The van der Waals surface area contributed by atoms with Gasteiger partial charge in [-0.1, -0.05) is 29.8 Å². The van der Waals surface area contributed by atoms with E-state index in [-0.39, 0.29) is 17.1 Å². The van der Waals surface area contributed by atoms with Gasteiger partial charge in [0.2, 0.25) is 0 Å². The average molecular weight is 395 g/mol. The van der Waals surface area contributed by atoms with Crippen LogP contribution < -0.4 is 4.90 Å². The van der Waals surface area contributed by atoms with Gasteiger partial charge in [0, 0.05) is 5.56 Å². The van der Waals surface area contributed by atoms with Crippen molar-refractivity contribution < 1.29 is 24.7 Å². The van der Waals surface area contributed by atoms with Crippen molar-refractivity contribution in [2.75, 3.05) is 27.2 Å². The number of aryl methyl sites for hydroxylation is 2. The fourth-order valence-electron chi connectivity index (χ4n) is 3.59. The molecule has 1 amide bonds. The zero-order chi connectivity index (χ0) is 21.3. The highest BCUT2D eigenvalue weighted by atomic mass is 16.3. The third-order valence-electron chi connectivity index (χ3n) is 5.25. The number of phenolic OH excluding ortho intramolecular Hbond substituents is 1. The van der Waals surface area contributed by atoms with Gasteiger partial charge in [0.1, 0.15) is 11.5 Å². The molecular formula is C23H27N2O4+. The van der Waals surface area contributed by atoms with Gasteiger partial charge in [-0.2, -0.15) is 0 Å². The van der Waals surface area contributed by atoms with E-state index >= 15 is 0 Å². The number of hydrogen-bond acceptors (Lipinski definition) is 4. The Labute approximate surface area is 170 Å². The molecule has 29 heavy (non-hydrogen) atoms. The van der Waals surface area contributed by atoms with Crippen molar-refractivity contribution in [3.8, 4) is 5.75 Å². The molecule has 1 saturated heterocycles. The van der Waals surface area contributed by atoms with E-state index in [1.54, 1.807) is 12.1 Å². The number of quaternary nitrogens is 1. The zero-order valence-corrected chi connectivity index (χ0v) is 17.2. The predicted octanol–water partition coefficient (Wildman–Crippen LogP) is 1.58. The van der Waals surface area contributed by atoms with Crippen LogP contribution in [0, 0.1) is 13.8 Å². The van der Waals surface area contributed by atoms with Gasteiger partial charge in [0.25, 0.3) is 11.7 Å². The maximum atomic E-state index is 13.0. The zero-order valence-electron chi connectivity index (χ0n) is 17.2. The Hall–Kier alpha value is -3.12. The molecule has 152 valence electrons. The van der Waals surface area contributed by atoms with Crippen molar-refractivity contribution in [1.29, 1.82) is 0 Å². The number of nitrogens with one attached hydrogen (secondary N) is 1. The molecule has 6 heteroatoms. The number of aliphatic hydroxyl groups excluding tert-OH is 1. The average Bonchev–Trinajstić information content (AvgIpc) is 2.93. The Morgan fingerprint density at radius 2 is 1.72 bits per heavy atom. The van der Waals surface area contributed by atoms with Crippen LogP contribution in [0.4, 0.5) is 0 Å². The summed E-state index contributed by atoms with van der Waals surface area (Å²) in [7, 11) is 3.95. The monoisotopic (exact) mass is 395 g/mol. The van der Waals surface area contributed by atoms with E-state index in [9.17, 15) is 19.8 Å². The molecule has 0 saturated carbocycles. The summed E-state index contributed by atoms with van der Waals surface area (Å²) in [4.78, 5) is 28.5. The number of carbonyl (C=O) groups excluding carboxylic acids is 2. The quantitative estimate of drug-likeness (QED) is 0.408. The lowest BCUT2D eigenvalue weighted by Crippen LogP contribution is -3.06. The number of aliphatic hydroxyl groups is 1. The number of aromatic hydroxyl groups is 1. The molecule has 6 nitrogen and oxygen atoms in total. The topological polar surface area (TPSA) is 82.3 Å². The predicted molar refractivity (Wildman–Crippen MR) is 111 cm³/mol. The minimum absolute atomic E-state index is 0.0862. The second-order valence-electron chi connectivity index (χ2n) is 7.86. The number of likely N-dealkylation sites (N-methyl/N-ethyl adjacent to an activating group) is 1. The maximum Gasteiger partial charge on any atom is 0.295 e. The van der Waals surface area contributed by atoms with Crippen LogP contribution in [0.25, 0.3) is 5.76 Å². The van der Waals surface area contributed by atoms with E-state index in [0.717, 1.165) is 16.0 Å². The SMILES string of the molecule is Cc1ccc(C)c(C(O)=C2C(=O)C(=O)N(CC[NH+](C)C)[C@H]2c2ccc(O)cc2)c1. The van der Waals surface area contributed by atoms with Crippen molar-refractivity contribution in [1.82, 2.24) is 4.90 Å². The molecule has 3 rings (SSSR count). The first-order valence-corrected chi connectivity index (χ1v) is 9.64. The Morgan fingerprint density at radius 1 is 1.07 bits per heavy atom. The van der Waals surface area contributed by atoms with Gasteiger partial charge in [0.05, 0.1) is 38.8 Å². The van der Waals surface area contributed by atoms with E-state index in [2.05, 4.69) is 0 Å². The van der Waals surface area contributed by atoms with E-state index < -0.39 is 17.7 Å². The molecule has 0 spiro atoms. The first-order chi connectivity index (χ1) is 13.7. The van der Waals surface area contributed by atoms with Crippen LogP contribution in [-0.2, 0) is 9.59 Å². The second kappa shape index (κ2) is 8.09. The van der Waals surface area contributed by atoms with Crippen LogP contribution in [-0.4, -0.2) is 54.0 Å². The van der Waals surface area contributed by atoms with Crippen molar-refractivity contribution in [3.05, 3.63) is 70.3 Å². The summed E-state index contributed by atoms with van der Waals surface area (Å²) in [5.41, 5.74) is 3.07. The molecule has 1 fully saturated rings. The van der Waals surface area contributed by atoms with E-state index in [4.69, 9.17) is 0 Å². The summed E-state index contributed by atoms with van der Waals surface area (Å²) in [6.45, 7) is 4.80. The molecule has 0 aliphatic carbocycles. The molecule has 0 bridgehead atoms. The van der Waals surface area contributed by atoms with Crippen LogP contribution in [0.5, 0.6) is 5.75 Å². The van der Waals surface area contributed by atoms with Crippen molar-refractivity contribution in [3.63, 3.8) is 0 Å². The number of hydrogen-bond donors (Lipinski definition) is 3. The lowest BCUT2D eigenvalue weighted by molar-refractivity contribution is -0.857. The molecule has 1 atom stereocenters. The van der Waals surface area contributed by atoms with Crippen LogP contribution >= 0.6 is 0 Å². The summed E-state index contributed by atoms with van der Waals surface area (Å²) in [5, 5.41) is 20.8. The molecule has 0 radical (unpaired) electrons. The Balaban J connectivity index is 2.19. The van der Waals surface area contributed by atoms with E-state index in [1.165, 1.54) is 17.0 Å². The fraction of sp³-hybridized carbons (Fsp3) is 0.304. The lowest BCUT2D eigenvalue weighted by atomic mass is 9.93. The van der Waals surface area contributed by atoms with Crippen LogP contribution in [0.1, 0.15) is 28.3 Å². The smallest absolute Gasteiger partial charge is 0.295 e. The minimum atomic E-state index is -0.699. The van der Waals surface area contributed by atoms with Gasteiger partial charge < -0.3 is 20.0 Å². The molecule has 0 aromatic heterocycles. The molecule has 1 aliphatic rings. The van der Waals surface area contributed by atoms with Gasteiger partial charge in [-0.3, -0.25) is 9.59 Å². The number of phenols is 1. The molecule has 0 unspecified atom stereocenters. The minimum Gasteiger partial charge on any atom is -0.508 e. The largest absolute Gasteiger partial charge is 0.508 e. The van der Waals surface area contributed by atoms with Crippen LogP contribution in [0.15, 0.2) is 48.0 Å². The summed E-state index contributed by atoms with van der Waals surface area (Å²) in [6, 6.07) is 11.3. The highest BCUT2D eigenvalue weighted by Crippen LogP contribution is 2.40. The molecule has 1 aliphatic heterocycles. The van der Waals surface area contributed by atoms with Gasteiger partial charge in [0.15, 0.2) is 0 Å². The van der Waals surface area contributed by atoms with E-state index in [0.29, 0.717) is 24.2 Å². The standard InChI is InChI=1S/C23H26N2O4/c1-14-5-6-15(2)18(13-14)21(27)19-20(16-7-9-17(26)10-8-16)25(12-11-24(3)4)23(29)22(19)28/h5-10,13,20,26-27H,11-12H2,1-4H3/p+1/t20-/m0/s1. The third-order valence-corrected chi connectivity index (χ3v) is 5.25. The third kappa shape index (κ3) is 4.03.